The summed E-state index contributed by atoms with van der Waals surface area (Å²) in [5, 5.41) is 0. The molecule has 1 amide bonds. The monoisotopic (exact) mass is 368 g/mol. The van der Waals surface area contributed by atoms with Gasteiger partial charge >= 0.3 is 0 Å². The van der Waals surface area contributed by atoms with Crippen molar-refractivity contribution >= 4 is 51.7 Å². The summed E-state index contributed by atoms with van der Waals surface area (Å²) >= 11 is 6.78. The Kier molecular flexibility index (Phi) is 5.25. The average Bonchev–Trinajstić information content (AvgIpc) is 2.89. The third-order valence-electron chi connectivity index (χ3n) is 4.10. The van der Waals surface area contributed by atoms with Crippen LogP contribution in [0.25, 0.3) is 6.08 Å². The van der Waals surface area contributed by atoms with Crippen molar-refractivity contribution in [2.24, 2.45) is 0 Å². The maximum absolute atomic E-state index is 12.8. The van der Waals surface area contributed by atoms with Gasteiger partial charge in [0.25, 0.3) is 5.91 Å². The highest BCUT2D eigenvalue weighted by Gasteiger charge is 2.33. The first-order valence-corrected chi connectivity index (χ1v) is 9.36. The number of benzene rings is 2. The molecule has 0 spiro atoms. The number of aryl methyl sites for hydroxylation is 1. The number of hydrogen-bond donors (Lipinski definition) is 0. The molecule has 0 radical (unpaired) electrons. The zero-order valence-corrected chi connectivity index (χ0v) is 16.2. The lowest BCUT2D eigenvalue weighted by molar-refractivity contribution is -0.113. The number of thiocarbonyl (C=S) groups is 1. The summed E-state index contributed by atoms with van der Waals surface area (Å²) in [7, 11) is 4.01. The van der Waals surface area contributed by atoms with E-state index in [1.165, 1.54) is 17.3 Å². The van der Waals surface area contributed by atoms with E-state index in [-0.39, 0.29) is 5.91 Å². The predicted molar refractivity (Wildman–Crippen MR) is 112 cm³/mol. The molecule has 3 nitrogen and oxygen atoms in total. The molecule has 0 atom stereocenters. The highest BCUT2D eigenvalue weighted by Crippen LogP contribution is 2.36. The zero-order valence-electron chi connectivity index (χ0n) is 14.5. The Balaban J connectivity index is 1.84. The Morgan fingerprint density at radius 1 is 1.08 bits per heavy atom. The van der Waals surface area contributed by atoms with Crippen LogP contribution in [0.15, 0.2) is 53.4 Å². The van der Waals surface area contributed by atoms with Crippen LogP contribution in [0.1, 0.15) is 18.1 Å². The normalized spacial score (nSPS) is 16.0. The minimum absolute atomic E-state index is 0.0593. The first-order valence-electron chi connectivity index (χ1n) is 8.14. The van der Waals surface area contributed by atoms with E-state index in [1.54, 1.807) is 4.90 Å². The standard InChI is InChI=1S/C20H20N2OS2/c1-4-14-5-11-17(12-6-14)22-19(23)18(25-20(22)24)13-15-7-9-16(10-8-15)21(2)3/h5-13H,4H2,1-3H3/b18-13-. The molecule has 1 aliphatic rings. The van der Waals surface area contributed by atoms with Crippen LogP contribution in [0.5, 0.6) is 0 Å². The van der Waals surface area contributed by atoms with Gasteiger partial charge in [-0.1, -0.05) is 55.2 Å². The van der Waals surface area contributed by atoms with Crippen molar-refractivity contribution in [2.75, 3.05) is 23.9 Å². The third-order valence-corrected chi connectivity index (χ3v) is 5.41. The van der Waals surface area contributed by atoms with Crippen molar-refractivity contribution in [1.82, 2.24) is 0 Å². The van der Waals surface area contributed by atoms with Gasteiger partial charge in [0, 0.05) is 19.8 Å². The van der Waals surface area contributed by atoms with E-state index in [4.69, 9.17) is 12.2 Å². The van der Waals surface area contributed by atoms with Crippen molar-refractivity contribution in [3.63, 3.8) is 0 Å². The summed E-state index contributed by atoms with van der Waals surface area (Å²) < 4.78 is 0.574. The Hall–Kier alpha value is -2.11. The molecule has 1 fully saturated rings. The lowest BCUT2D eigenvalue weighted by Crippen LogP contribution is -2.27. The smallest absolute Gasteiger partial charge is 0.270 e. The van der Waals surface area contributed by atoms with Gasteiger partial charge in [-0.25, -0.2) is 0 Å². The molecule has 25 heavy (non-hydrogen) atoms. The zero-order chi connectivity index (χ0) is 18.0. The molecule has 0 aliphatic carbocycles. The number of carbonyl (C=O) groups is 1. The number of thioether (sulfide) groups is 1. The number of nitrogens with zero attached hydrogens (tertiary/aromatic N) is 2. The minimum Gasteiger partial charge on any atom is -0.378 e. The molecular weight excluding hydrogens is 348 g/mol. The molecule has 0 unspecified atom stereocenters. The molecule has 0 bridgehead atoms. The maximum Gasteiger partial charge on any atom is 0.270 e. The van der Waals surface area contributed by atoms with E-state index in [1.807, 2.05) is 73.6 Å². The SMILES string of the molecule is CCc1ccc(N2C(=O)/C(=C/c3ccc(N(C)C)cc3)SC2=S)cc1. The Bertz CT molecular complexity index is 824. The van der Waals surface area contributed by atoms with Crippen molar-refractivity contribution in [3.05, 3.63) is 64.6 Å². The number of amides is 1. The summed E-state index contributed by atoms with van der Waals surface area (Å²) in [6.45, 7) is 2.11. The maximum atomic E-state index is 12.8. The van der Waals surface area contributed by atoms with Gasteiger partial charge in [-0.2, -0.15) is 0 Å². The number of hydrogen-bond acceptors (Lipinski definition) is 4. The highest BCUT2D eigenvalue weighted by molar-refractivity contribution is 8.27. The molecule has 0 aromatic heterocycles. The van der Waals surface area contributed by atoms with Gasteiger partial charge in [-0.05, 0) is 47.9 Å². The first kappa shape index (κ1) is 17.7. The first-order chi connectivity index (χ1) is 12.0. The highest BCUT2D eigenvalue weighted by atomic mass is 32.2. The van der Waals surface area contributed by atoms with E-state index >= 15 is 0 Å². The van der Waals surface area contributed by atoms with Gasteiger partial charge in [0.15, 0.2) is 4.32 Å². The Labute approximate surface area is 158 Å². The van der Waals surface area contributed by atoms with Crippen LogP contribution in [0, 0.1) is 0 Å². The van der Waals surface area contributed by atoms with Crippen LogP contribution >= 0.6 is 24.0 Å². The quantitative estimate of drug-likeness (QED) is 0.575. The number of carbonyl (C=O) groups excluding carboxylic acids is 1. The van der Waals surface area contributed by atoms with E-state index in [2.05, 4.69) is 6.92 Å². The molecule has 128 valence electrons. The van der Waals surface area contributed by atoms with Gasteiger partial charge in [0.1, 0.15) is 0 Å². The second-order valence-corrected chi connectivity index (χ2v) is 7.70. The van der Waals surface area contributed by atoms with E-state index < -0.39 is 0 Å². The lowest BCUT2D eigenvalue weighted by Gasteiger charge is -2.14. The van der Waals surface area contributed by atoms with E-state index in [9.17, 15) is 4.79 Å². The minimum atomic E-state index is -0.0593. The van der Waals surface area contributed by atoms with Crippen molar-refractivity contribution < 1.29 is 4.79 Å². The van der Waals surface area contributed by atoms with Crippen LogP contribution in [0.2, 0.25) is 0 Å². The molecule has 1 saturated heterocycles. The van der Waals surface area contributed by atoms with Crippen molar-refractivity contribution in [3.8, 4) is 0 Å². The fourth-order valence-electron chi connectivity index (χ4n) is 2.59. The predicted octanol–water partition coefficient (Wildman–Crippen LogP) is 4.72. The summed E-state index contributed by atoms with van der Waals surface area (Å²) in [5.41, 5.74) is 4.19. The van der Waals surface area contributed by atoms with Crippen LogP contribution in [0.4, 0.5) is 11.4 Å². The summed E-state index contributed by atoms with van der Waals surface area (Å²) in [4.78, 5) is 17.1. The fraction of sp³-hybridized carbons (Fsp3) is 0.200. The lowest BCUT2D eigenvalue weighted by atomic mass is 10.1. The Morgan fingerprint density at radius 3 is 2.28 bits per heavy atom. The van der Waals surface area contributed by atoms with Crippen LogP contribution in [-0.2, 0) is 11.2 Å². The molecule has 0 saturated carbocycles. The van der Waals surface area contributed by atoms with Crippen LogP contribution in [0.3, 0.4) is 0 Å². The average molecular weight is 369 g/mol. The molecule has 5 heteroatoms. The number of rotatable bonds is 4. The van der Waals surface area contributed by atoms with Crippen LogP contribution < -0.4 is 9.80 Å². The van der Waals surface area contributed by atoms with Crippen molar-refractivity contribution in [1.29, 1.82) is 0 Å². The Morgan fingerprint density at radius 2 is 1.72 bits per heavy atom. The summed E-state index contributed by atoms with van der Waals surface area (Å²) in [5.74, 6) is -0.0593. The molecule has 2 aromatic rings. The molecule has 0 N–H and O–H groups in total. The van der Waals surface area contributed by atoms with Gasteiger partial charge in [-0.15, -0.1) is 0 Å². The van der Waals surface area contributed by atoms with Gasteiger partial charge in [0.05, 0.1) is 10.6 Å². The number of anilines is 2. The largest absolute Gasteiger partial charge is 0.378 e. The van der Waals surface area contributed by atoms with Gasteiger partial charge in [0.2, 0.25) is 0 Å². The molecule has 3 rings (SSSR count). The molecule has 1 aliphatic heterocycles. The second kappa shape index (κ2) is 7.42. The summed E-state index contributed by atoms with van der Waals surface area (Å²) in [6, 6.07) is 16.1. The van der Waals surface area contributed by atoms with Crippen LogP contribution in [-0.4, -0.2) is 24.3 Å². The van der Waals surface area contributed by atoms with Gasteiger partial charge < -0.3 is 4.90 Å². The third kappa shape index (κ3) is 3.78. The van der Waals surface area contributed by atoms with E-state index in [0.29, 0.717) is 9.23 Å². The molecule has 2 aromatic carbocycles. The van der Waals surface area contributed by atoms with E-state index in [0.717, 1.165) is 23.4 Å². The molecule has 1 heterocycles. The van der Waals surface area contributed by atoms with Gasteiger partial charge in [-0.3, -0.25) is 9.69 Å². The molecular formula is C20H20N2OS2. The summed E-state index contributed by atoms with van der Waals surface area (Å²) in [6.07, 6.45) is 2.88. The fourth-order valence-corrected chi connectivity index (χ4v) is 3.89. The van der Waals surface area contributed by atoms with Crippen molar-refractivity contribution in [2.45, 2.75) is 13.3 Å². The topological polar surface area (TPSA) is 23.6 Å². The second-order valence-electron chi connectivity index (χ2n) is 6.02.